The van der Waals surface area contributed by atoms with Gasteiger partial charge in [-0.25, -0.2) is 4.39 Å². The Labute approximate surface area is 135 Å². The zero-order valence-corrected chi connectivity index (χ0v) is 13.2. The monoisotopic (exact) mass is 329 g/mol. The van der Waals surface area contributed by atoms with Crippen molar-refractivity contribution in [1.29, 1.82) is 0 Å². The molecule has 0 aliphatic carbocycles. The summed E-state index contributed by atoms with van der Waals surface area (Å²) in [5.74, 6) is -0.898. The Morgan fingerprint density at radius 1 is 1.50 bits per heavy atom. The number of para-hydroxylation sites is 1. The smallest absolute Gasteiger partial charge is 0.249 e. The molecule has 1 fully saturated rings. The van der Waals surface area contributed by atoms with Crippen molar-refractivity contribution in [2.24, 2.45) is 5.73 Å². The van der Waals surface area contributed by atoms with Crippen molar-refractivity contribution in [1.82, 2.24) is 5.32 Å². The number of hydrogen-bond acceptors (Lipinski definition) is 3. The van der Waals surface area contributed by atoms with Gasteiger partial charge in [-0.3, -0.25) is 9.59 Å². The SMILES string of the molecule is CC(N)CCC(=O)NC1CCN(c2ccccc2F)C1=O.Cl. The summed E-state index contributed by atoms with van der Waals surface area (Å²) in [5, 5.41) is 2.70. The van der Waals surface area contributed by atoms with Crippen LogP contribution in [0.25, 0.3) is 0 Å². The third kappa shape index (κ3) is 4.42. The lowest BCUT2D eigenvalue weighted by atomic mass is 10.1. The third-order valence-electron chi connectivity index (χ3n) is 3.51. The molecule has 2 amide bonds. The zero-order valence-electron chi connectivity index (χ0n) is 12.4. The number of nitrogens with two attached hydrogens (primary N) is 1. The Hall–Kier alpha value is -1.66. The first-order valence-corrected chi connectivity index (χ1v) is 7.10. The zero-order chi connectivity index (χ0) is 15.4. The van der Waals surface area contributed by atoms with E-state index in [0.29, 0.717) is 25.8 Å². The number of carbonyl (C=O) groups is 2. The molecule has 1 heterocycles. The summed E-state index contributed by atoms with van der Waals surface area (Å²) in [7, 11) is 0. The molecule has 0 spiro atoms. The van der Waals surface area contributed by atoms with Gasteiger partial charge in [-0.15, -0.1) is 12.4 Å². The van der Waals surface area contributed by atoms with E-state index in [0.717, 1.165) is 0 Å². The van der Waals surface area contributed by atoms with E-state index >= 15 is 0 Å². The van der Waals surface area contributed by atoms with E-state index in [1.165, 1.54) is 11.0 Å². The van der Waals surface area contributed by atoms with Crippen molar-refractivity contribution in [3.8, 4) is 0 Å². The van der Waals surface area contributed by atoms with Gasteiger partial charge < -0.3 is 16.0 Å². The Kier molecular flexibility index (Phi) is 6.77. The number of carbonyl (C=O) groups excluding carboxylic acids is 2. The van der Waals surface area contributed by atoms with Gasteiger partial charge in [0.2, 0.25) is 11.8 Å². The molecule has 3 N–H and O–H groups in total. The van der Waals surface area contributed by atoms with Gasteiger partial charge >= 0.3 is 0 Å². The average molecular weight is 330 g/mol. The van der Waals surface area contributed by atoms with Crippen LogP contribution in [0.5, 0.6) is 0 Å². The van der Waals surface area contributed by atoms with Crippen LogP contribution in [-0.2, 0) is 9.59 Å². The van der Waals surface area contributed by atoms with E-state index in [1.54, 1.807) is 18.2 Å². The highest BCUT2D eigenvalue weighted by molar-refractivity contribution is 6.01. The second-order valence-electron chi connectivity index (χ2n) is 5.37. The summed E-state index contributed by atoms with van der Waals surface area (Å²) in [6, 6.07) is 5.51. The molecule has 5 nitrogen and oxygen atoms in total. The second kappa shape index (κ2) is 8.10. The van der Waals surface area contributed by atoms with Crippen LogP contribution in [0.3, 0.4) is 0 Å². The Bertz CT molecular complexity index is 539. The minimum Gasteiger partial charge on any atom is -0.344 e. The van der Waals surface area contributed by atoms with Gasteiger partial charge in [-0.2, -0.15) is 0 Å². The van der Waals surface area contributed by atoms with Gasteiger partial charge in [0.05, 0.1) is 5.69 Å². The normalized spacial score (nSPS) is 18.8. The Balaban J connectivity index is 0.00000242. The highest BCUT2D eigenvalue weighted by Gasteiger charge is 2.34. The fourth-order valence-electron chi connectivity index (χ4n) is 2.35. The first kappa shape index (κ1) is 18.4. The highest BCUT2D eigenvalue weighted by atomic mass is 35.5. The van der Waals surface area contributed by atoms with E-state index < -0.39 is 11.9 Å². The number of anilines is 1. The number of nitrogens with zero attached hydrogens (tertiary/aromatic N) is 1. The van der Waals surface area contributed by atoms with Gasteiger partial charge in [0.15, 0.2) is 0 Å². The molecule has 2 unspecified atom stereocenters. The minimum absolute atomic E-state index is 0. The van der Waals surface area contributed by atoms with Crippen molar-refractivity contribution >= 4 is 29.9 Å². The predicted octanol–water partition coefficient (Wildman–Crippen LogP) is 1.60. The fourth-order valence-corrected chi connectivity index (χ4v) is 2.35. The van der Waals surface area contributed by atoms with Crippen LogP contribution in [-0.4, -0.2) is 30.4 Å². The number of rotatable bonds is 5. The number of halogens is 2. The van der Waals surface area contributed by atoms with Crippen molar-refractivity contribution in [3.63, 3.8) is 0 Å². The molecule has 122 valence electrons. The van der Waals surface area contributed by atoms with E-state index in [-0.39, 0.29) is 36.0 Å². The summed E-state index contributed by atoms with van der Waals surface area (Å²) >= 11 is 0. The number of nitrogens with one attached hydrogen (secondary N) is 1. The standard InChI is InChI=1S/C15H20FN3O2.ClH/c1-10(17)6-7-14(20)18-12-8-9-19(15(12)21)13-5-3-2-4-11(13)16;/h2-5,10,12H,6-9,17H2,1H3,(H,18,20);1H. The first-order valence-electron chi connectivity index (χ1n) is 7.10. The lowest BCUT2D eigenvalue weighted by Crippen LogP contribution is -2.42. The molecule has 0 saturated carbocycles. The molecular formula is C15H21ClFN3O2. The molecule has 1 aromatic carbocycles. The maximum atomic E-state index is 13.7. The third-order valence-corrected chi connectivity index (χ3v) is 3.51. The predicted molar refractivity (Wildman–Crippen MR) is 85.4 cm³/mol. The molecule has 0 aromatic heterocycles. The van der Waals surface area contributed by atoms with Gasteiger partial charge in [-0.1, -0.05) is 12.1 Å². The molecule has 7 heteroatoms. The molecule has 0 bridgehead atoms. The molecule has 1 aromatic rings. The number of benzene rings is 1. The van der Waals surface area contributed by atoms with Crippen LogP contribution in [0.15, 0.2) is 24.3 Å². The fraction of sp³-hybridized carbons (Fsp3) is 0.467. The molecule has 0 radical (unpaired) electrons. The molecule has 2 atom stereocenters. The van der Waals surface area contributed by atoms with Crippen LogP contribution >= 0.6 is 12.4 Å². The van der Waals surface area contributed by atoms with Gasteiger partial charge in [0.1, 0.15) is 11.9 Å². The Morgan fingerprint density at radius 2 is 2.18 bits per heavy atom. The maximum absolute atomic E-state index is 13.7. The molecule has 1 aliphatic heterocycles. The largest absolute Gasteiger partial charge is 0.344 e. The molecule has 22 heavy (non-hydrogen) atoms. The summed E-state index contributed by atoms with van der Waals surface area (Å²) < 4.78 is 13.7. The Morgan fingerprint density at radius 3 is 2.82 bits per heavy atom. The van der Waals surface area contributed by atoms with Crippen LogP contribution < -0.4 is 16.0 Å². The maximum Gasteiger partial charge on any atom is 0.249 e. The topological polar surface area (TPSA) is 75.4 Å². The summed E-state index contributed by atoms with van der Waals surface area (Å²) in [5.41, 5.74) is 5.85. The van der Waals surface area contributed by atoms with Crippen LogP contribution in [0.4, 0.5) is 10.1 Å². The summed E-state index contributed by atoms with van der Waals surface area (Å²) in [4.78, 5) is 25.4. The lowest BCUT2D eigenvalue weighted by molar-refractivity contribution is -0.126. The van der Waals surface area contributed by atoms with Crippen molar-refractivity contribution < 1.29 is 14.0 Å². The molecular weight excluding hydrogens is 309 g/mol. The highest BCUT2D eigenvalue weighted by Crippen LogP contribution is 2.24. The van der Waals surface area contributed by atoms with Gasteiger partial charge in [-0.05, 0) is 31.9 Å². The van der Waals surface area contributed by atoms with E-state index in [1.807, 2.05) is 6.92 Å². The van der Waals surface area contributed by atoms with Crippen LogP contribution in [0.1, 0.15) is 26.2 Å². The van der Waals surface area contributed by atoms with E-state index in [9.17, 15) is 14.0 Å². The average Bonchev–Trinajstić information content (AvgIpc) is 2.79. The van der Waals surface area contributed by atoms with Gasteiger partial charge in [0.25, 0.3) is 0 Å². The molecule has 2 rings (SSSR count). The van der Waals surface area contributed by atoms with Gasteiger partial charge in [0, 0.05) is 19.0 Å². The first-order chi connectivity index (χ1) is 9.99. The van der Waals surface area contributed by atoms with Crippen LogP contribution in [0, 0.1) is 5.82 Å². The van der Waals surface area contributed by atoms with Crippen molar-refractivity contribution in [3.05, 3.63) is 30.1 Å². The minimum atomic E-state index is -0.579. The molecule has 1 aliphatic rings. The lowest BCUT2D eigenvalue weighted by Gasteiger charge is -2.18. The van der Waals surface area contributed by atoms with E-state index in [4.69, 9.17) is 5.73 Å². The number of amides is 2. The quantitative estimate of drug-likeness (QED) is 0.861. The van der Waals surface area contributed by atoms with Crippen molar-refractivity contribution in [2.45, 2.75) is 38.3 Å². The van der Waals surface area contributed by atoms with E-state index in [2.05, 4.69) is 5.32 Å². The number of hydrogen-bond donors (Lipinski definition) is 2. The molecule has 1 saturated heterocycles. The van der Waals surface area contributed by atoms with Crippen LogP contribution in [0.2, 0.25) is 0 Å². The second-order valence-corrected chi connectivity index (χ2v) is 5.37. The summed E-state index contributed by atoms with van der Waals surface area (Å²) in [6.45, 7) is 2.23. The van der Waals surface area contributed by atoms with Crippen molar-refractivity contribution in [2.75, 3.05) is 11.4 Å². The summed E-state index contributed by atoms with van der Waals surface area (Å²) in [6.07, 6.45) is 1.35.